The maximum absolute atomic E-state index is 13.7. The van der Waals surface area contributed by atoms with Crippen molar-refractivity contribution in [3.63, 3.8) is 0 Å². The molecule has 0 aliphatic heterocycles. The van der Waals surface area contributed by atoms with Gasteiger partial charge >= 0.3 is 6.09 Å². The van der Waals surface area contributed by atoms with E-state index in [2.05, 4.69) is 30.2 Å². The Morgan fingerprint density at radius 2 is 1.62 bits per heavy atom. The molecule has 3 amide bonds. The molecule has 0 fully saturated rings. The molecule has 0 heterocycles. The first-order valence-corrected chi connectivity index (χ1v) is 12.7. The number of unbranched alkanes of at least 4 members (excludes halogenated alkanes) is 1. The number of carbonyl (C=O) groups excluding carboxylic acids is 3. The van der Waals surface area contributed by atoms with Gasteiger partial charge in [0.05, 0.1) is 0 Å². The van der Waals surface area contributed by atoms with Crippen LogP contribution in [-0.4, -0.2) is 52.3 Å². The van der Waals surface area contributed by atoms with Gasteiger partial charge in [0.15, 0.2) is 0 Å². The number of amides is 3. The number of aryl methyl sites for hydroxylation is 1. The number of ether oxygens (including phenoxy) is 1. The van der Waals surface area contributed by atoms with Gasteiger partial charge in [-0.3, -0.25) is 9.59 Å². The van der Waals surface area contributed by atoms with E-state index in [-0.39, 0.29) is 17.6 Å². The lowest BCUT2D eigenvalue weighted by Crippen LogP contribution is -2.55. The van der Waals surface area contributed by atoms with E-state index in [0.717, 1.165) is 24.0 Å². The Morgan fingerprint density at radius 3 is 2.06 bits per heavy atom. The van der Waals surface area contributed by atoms with Crippen molar-refractivity contribution in [2.24, 2.45) is 0 Å². The van der Waals surface area contributed by atoms with Gasteiger partial charge in [-0.25, -0.2) is 4.79 Å². The first-order valence-electron chi connectivity index (χ1n) is 12.0. The SMILES string of the molecule is CCCCN(C(=O)C(CS)NC(=O)OC(C)(C)C)C(C(=O)NC(C)(C)C)c1ccc(CC)cc1. The molecule has 8 heteroatoms. The van der Waals surface area contributed by atoms with Gasteiger partial charge in [-0.1, -0.05) is 44.5 Å². The molecule has 2 unspecified atom stereocenters. The summed E-state index contributed by atoms with van der Waals surface area (Å²) in [5, 5.41) is 5.65. The average Bonchev–Trinajstić information content (AvgIpc) is 2.72. The fourth-order valence-electron chi connectivity index (χ4n) is 3.38. The van der Waals surface area contributed by atoms with E-state index in [1.807, 2.05) is 52.0 Å². The van der Waals surface area contributed by atoms with Crippen LogP contribution in [0.4, 0.5) is 4.79 Å². The van der Waals surface area contributed by atoms with Crippen LogP contribution in [0.25, 0.3) is 0 Å². The van der Waals surface area contributed by atoms with Crippen molar-refractivity contribution < 1.29 is 19.1 Å². The summed E-state index contributed by atoms with van der Waals surface area (Å²) in [7, 11) is 0. The minimum atomic E-state index is -0.935. The Hall–Kier alpha value is -2.22. The summed E-state index contributed by atoms with van der Waals surface area (Å²) in [5.41, 5.74) is 0.686. The van der Waals surface area contributed by atoms with Crippen molar-refractivity contribution in [2.45, 2.75) is 97.9 Å². The highest BCUT2D eigenvalue weighted by Crippen LogP contribution is 2.25. The Kier molecular flexibility index (Phi) is 11.4. The van der Waals surface area contributed by atoms with Crippen LogP contribution in [0, 0.1) is 0 Å². The van der Waals surface area contributed by atoms with Crippen LogP contribution < -0.4 is 10.6 Å². The zero-order valence-corrected chi connectivity index (χ0v) is 22.9. The maximum atomic E-state index is 13.7. The number of nitrogens with zero attached hydrogens (tertiary/aromatic N) is 1. The summed E-state index contributed by atoms with van der Waals surface area (Å²) in [4.78, 5) is 41.2. The van der Waals surface area contributed by atoms with Crippen molar-refractivity contribution in [1.29, 1.82) is 0 Å². The van der Waals surface area contributed by atoms with Crippen molar-refractivity contribution >= 4 is 30.5 Å². The van der Waals surface area contributed by atoms with E-state index in [9.17, 15) is 14.4 Å². The number of hydrogen-bond acceptors (Lipinski definition) is 5. The van der Waals surface area contributed by atoms with Crippen molar-refractivity contribution in [2.75, 3.05) is 12.3 Å². The fourth-order valence-corrected chi connectivity index (χ4v) is 3.62. The van der Waals surface area contributed by atoms with Gasteiger partial charge in [-0.05, 0) is 65.5 Å². The second-order valence-electron chi connectivity index (χ2n) is 10.5. The highest BCUT2D eigenvalue weighted by atomic mass is 32.1. The molecule has 0 aliphatic rings. The molecule has 1 rings (SSSR count). The third-order valence-electron chi connectivity index (χ3n) is 4.97. The standard InChI is InChI=1S/C26H43N3O4S/c1-9-11-16-29(23(31)20(17-34)27-24(32)33-26(6,7)8)21(22(30)28-25(3,4)5)19-14-12-18(10-2)13-15-19/h12-15,20-21,34H,9-11,16-17H2,1-8H3,(H,27,32)(H,28,30). The van der Waals surface area contributed by atoms with Crippen LogP contribution in [0.15, 0.2) is 24.3 Å². The highest BCUT2D eigenvalue weighted by Gasteiger charge is 2.36. The third-order valence-corrected chi connectivity index (χ3v) is 5.33. The molecule has 0 saturated carbocycles. The monoisotopic (exact) mass is 493 g/mol. The lowest BCUT2D eigenvalue weighted by atomic mass is 9.99. The molecule has 2 atom stereocenters. The largest absolute Gasteiger partial charge is 0.444 e. The second kappa shape index (κ2) is 13.0. The zero-order valence-electron chi connectivity index (χ0n) is 22.0. The molecule has 0 aliphatic carbocycles. The van der Waals surface area contributed by atoms with Crippen molar-refractivity contribution in [1.82, 2.24) is 15.5 Å². The van der Waals surface area contributed by atoms with Crippen LogP contribution >= 0.6 is 12.6 Å². The Labute approximate surface area is 210 Å². The minimum Gasteiger partial charge on any atom is -0.444 e. The van der Waals surface area contributed by atoms with Crippen LogP contribution in [0.3, 0.4) is 0 Å². The van der Waals surface area contributed by atoms with Crippen LogP contribution in [0.5, 0.6) is 0 Å². The van der Waals surface area contributed by atoms with Crippen LogP contribution in [-0.2, 0) is 20.7 Å². The van der Waals surface area contributed by atoms with E-state index in [1.54, 1.807) is 25.7 Å². The topological polar surface area (TPSA) is 87.7 Å². The summed E-state index contributed by atoms with van der Waals surface area (Å²) in [6.45, 7) is 15.4. The first-order chi connectivity index (χ1) is 15.7. The second-order valence-corrected chi connectivity index (χ2v) is 10.9. The number of benzene rings is 1. The summed E-state index contributed by atoms with van der Waals surface area (Å²) in [5.74, 6) is -0.567. The molecule has 0 bridgehead atoms. The predicted octanol–water partition coefficient (Wildman–Crippen LogP) is 4.66. The molecule has 34 heavy (non-hydrogen) atoms. The van der Waals surface area contributed by atoms with Gasteiger partial charge in [-0.2, -0.15) is 12.6 Å². The van der Waals surface area contributed by atoms with Gasteiger partial charge in [0.2, 0.25) is 11.8 Å². The Balaban J connectivity index is 3.40. The fraction of sp³-hybridized carbons (Fsp3) is 0.654. The molecular weight excluding hydrogens is 450 g/mol. The molecule has 7 nitrogen and oxygen atoms in total. The number of nitrogens with one attached hydrogen (secondary N) is 2. The maximum Gasteiger partial charge on any atom is 0.408 e. The van der Waals surface area contributed by atoms with Gasteiger partial charge in [0.1, 0.15) is 17.7 Å². The van der Waals surface area contributed by atoms with Crippen LogP contribution in [0.2, 0.25) is 0 Å². The number of rotatable bonds is 10. The van der Waals surface area contributed by atoms with E-state index < -0.39 is 29.3 Å². The van der Waals surface area contributed by atoms with Gasteiger partial charge in [0, 0.05) is 17.8 Å². The van der Waals surface area contributed by atoms with Gasteiger partial charge in [0.25, 0.3) is 0 Å². The molecule has 0 radical (unpaired) electrons. The number of hydrogen-bond donors (Lipinski definition) is 3. The Bertz CT molecular complexity index is 813. The molecule has 0 saturated heterocycles. The van der Waals surface area contributed by atoms with Crippen LogP contribution in [0.1, 0.15) is 85.4 Å². The summed E-state index contributed by atoms with van der Waals surface area (Å²) < 4.78 is 5.33. The normalized spacial score (nSPS) is 13.6. The van der Waals surface area contributed by atoms with E-state index in [4.69, 9.17) is 4.74 Å². The van der Waals surface area contributed by atoms with Crippen molar-refractivity contribution in [3.05, 3.63) is 35.4 Å². The summed E-state index contributed by atoms with van der Waals surface area (Å²) in [6, 6.07) is 5.97. The summed E-state index contributed by atoms with van der Waals surface area (Å²) >= 11 is 4.31. The van der Waals surface area contributed by atoms with E-state index in [0.29, 0.717) is 13.0 Å². The first kappa shape index (κ1) is 29.8. The molecule has 0 aromatic heterocycles. The summed E-state index contributed by atoms with van der Waals surface area (Å²) in [6.07, 6.45) is 1.73. The molecule has 1 aromatic rings. The van der Waals surface area contributed by atoms with E-state index in [1.165, 1.54) is 0 Å². The quantitative estimate of drug-likeness (QED) is 0.414. The molecule has 1 aromatic carbocycles. The van der Waals surface area contributed by atoms with Crippen molar-refractivity contribution in [3.8, 4) is 0 Å². The highest BCUT2D eigenvalue weighted by molar-refractivity contribution is 7.80. The van der Waals surface area contributed by atoms with E-state index >= 15 is 0 Å². The minimum absolute atomic E-state index is 0.0725. The van der Waals surface area contributed by atoms with Gasteiger partial charge < -0.3 is 20.3 Å². The zero-order chi connectivity index (χ0) is 26.1. The molecule has 192 valence electrons. The number of thiol groups is 1. The molecule has 0 spiro atoms. The number of alkyl carbamates (subject to hydrolysis) is 1. The van der Waals surface area contributed by atoms with Gasteiger partial charge in [-0.15, -0.1) is 0 Å². The molecular formula is C26H43N3O4S. The predicted molar refractivity (Wildman–Crippen MR) is 140 cm³/mol. The third kappa shape index (κ3) is 9.95. The molecule has 2 N–H and O–H groups in total. The number of carbonyl (C=O) groups is 3. The smallest absolute Gasteiger partial charge is 0.408 e. The lowest BCUT2D eigenvalue weighted by molar-refractivity contribution is -0.142. The lowest BCUT2D eigenvalue weighted by Gasteiger charge is -2.36. The average molecular weight is 494 g/mol. The Morgan fingerprint density at radius 1 is 1.03 bits per heavy atom.